The van der Waals surface area contributed by atoms with Crippen LogP contribution in [0.2, 0.25) is 0 Å². The fraction of sp³-hybridized carbons (Fsp3) is 0.350. The highest BCUT2D eigenvalue weighted by Crippen LogP contribution is 2.37. The van der Waals surface area contributed by atoms with Gasteiger partial charge in [-0.05, 0) is 70.5 Å². The van der Waals surface area contributed by atoms with E-state index < -0.39 is 11.7 Å². The van der Waals surface area contributed by atoms with Crippen LogP contribution in [-0.4, -0.2) is 26.6 Å². The van der Waals surface area contributed by atoms with Gasteiger partial charge >= 0.3 is 6.18 Å². The summed E-state index contributed by atoms with van der Waals surface area (Å²) in [4.78, 5) is 13.4. The summed E-state index contributed by atoms with van der Waals surface area (Å²) < 4.78 is 45.8. The Kier molecular flexibility index (Phi) is 6.37. The first-order valence-electron chi connectivity index (χ1n) is 9.31. The average molecular weight is 437 g/mol. The summed E-state index contributed by atoms with van der Waals surface area (Å²) in [5.41, 5.74) is 0.845. The smallest absolute Gasteiger partial charge is 0.324 e. The minimum absolute atomic E-state index is 0.0746. The molecular formula is C20H23F3N6S. The largest absolute Gasteiger partial charge is 0.420 e. The van der Waals surface area contributed by atoms with E-state index in [9.17, 15) is 13.2 Å². The summed E-state index contributed by atoms with van der Waals surface area (Å²) in [7, 11) is 1.83. The van der Waals surface area contributed by atoms with Crippen LogP contribution in [0.4, 0.5) is 24.8 Å². The van der Waals surface area contributed by atoms with Gasteiger partial charge in [-0.25, -0.2) is 15.0 Å². The average Bonchev–Trinajstić information content (AvgIpc) is 3.05. The first-order chi connectivity index (χ1) is 14.1. The normalized spacial score (nSPS) is 11.9. The molecule has 2 heterocycles. The van der Waals surface area contributed by atoms with E-state index in [0.29, 0.717) is 11.5 Å². The molecule has 30 heavy (non-hydrogen) atoms. The Labute approximate surface area is 177 Å². The van der Waals surface area contributed by atoms with Gasteiger partial charge in [0.2, 0.25) is 5.95 Å². The Morgan fingerprint density at radius 1 is 1.10 bits per heavy atom. The number of alkyl halides is 3. The predicted octanol–water partition coefficient (Wildman–Crippen LogP) is 5.53. The van der Waals surface area contributed by atoms with Crippen LogP contribution in [0.25, 0.3) is 11.4 Å². The standard InChI is InChI=1S/C20H23F3N6S/c1-11(2)29-13(4)25-10-17(29)18-15(20(21,22)23)9-26-19(28-18)27-16-7-6-14(30-24-5)8-12(16)3/h6-11,24H,1-5H3,(H,26,27,28). The van der Waals surface area contributed by atoms with Crippen molar-refractivity contribution in [1.29, 1.82) is 0 Å². The minimum atomic E-state index is -4.59. The molecule has 0 spiro atoms. The monoisotopic (exact) mass is 436 g/mol. The van der Waals surface area contributed by atoms with E-state index in [1.165, 1.54) is 18.1 Å². The zero-order chi connectivity index (χ0) is 22.1. The number of nitrogens with one attached hydrogen (secondary N) is 2. The Morgan fingerprint density at radius 2 is 1.83 bits per heavy atom. The van der Waals surface area contributed by atoms with Crippen molar-refractivity contribution in [2.24, 2.45) is 0 Å². The fourth-order valence-corrected chi connectivity index (χ4v) is 3.81. The van der Waals surface area contributed by atoms with E-state index in [0.717, 1.165) is 22.3 Å². The second-order valence-electron chi connectivity index (χ2n) is 7.02. The summed E-state index contributed by atoms with van der Waals surface area (Å²) in [6.07, 6.45) is -2.35. The topological polar surface area (TPSA) is 67.7 Å². The molecule has 0 amide bonds. The zero-order valence-electron chi connectivity index (χ0n) is 17.3. The maximum atomic E-state index is 13.7. The fourth-order valence-electron chi connectivity index (χ4n) is 3.20. The van der Waals surface area contributed by atoms with Crippen LogP contribution >= 0.6 is 11.9 Å². The molecule has 2 N–H and O–H groups in total. The highest BCUT2D eigenvalue weighted by molar-refractivity contribution is 7.97. The second kappa shape index (κ2) is 8.65. The third-order valence-electron chi connectivity index (χ3n) is 4.50. The lowest BCUT2D eigenvalue weighted by molar-refractivity contribution is -0.137. The number of nitrogens with zero attached hydrogens (tertiary/aromatic N) is 4. The van der Waals surface area contributed by atoms with E-state index in [2.05, 4.69) is 25.0 Å². The Hall–Kier alpha value is -2.59. The quantitative estimate of drug-likeness (QED) is 0.496. The maximum Gasteiger partial charge on any atom is 0.420 e. The first-order valence-corrected chi connectivity index (χ1v) is 10.1. The van der Waals surface area contributed by atoms with Gasteiger partial charge in [0.15, 0.2) is 0 Å². The van der Waals surface area contributed by atoms with Crippen molar-refractivity contribution in [3.05, 3.63) is 47.5 Å². The third kappa shape index (κ3) is 4.59. The molecule has 0 atom stereocenters. The summed E-state index contributed by atoms with van der Waals surface area (Å²) in [5.74, 6) is 0.707. The number of hydrogen-bond acceptors (Lipinski definition) is 6. The van der Waals surface area contributed by atoms with E-state index in [-0.39, 0.29) is 17.7 Å². The SMILES string of the molecule is CNSc1ccc(Nc2ncc(C(F)(F)F)c(-c3cnc(C)n3C(C)C)n2)c(C)c1. The molecule has 0 saturated heterocycles. The molecule has 0 unspecified atom stereocenters. The van der Waals surface area contributed by atoms with Crippen LogP contribution in [0.1, 0.15) is 36.8 Å². The van der Waals surface area contributed by atoms with Crippen LogP contribution in [-0.2, 0) is 6.18 Å². The van der Waals surface area contributed by atoms with Gasteiger partial charge in [-0.15, -0.1) is 0 Å². The number of rotatable bonds is 6. The molecule has 0 aliphatic rings. The number of aryl methyl sites for hydroxylation is 2. The van der Waals surface area contributed by atoms with Crippen LogP contribution in [0.5, 0.6) is 0 Å². The molecule has 3 aromatic rings. The Bertz CT molecular complexity index is 1050. The van der Waals surface area contributed by atoms with Crippen molar-refractivity contribution in [1.82, 2.24) is 24.2 Å². The Balaban J connectivity index is 2.07. The molecule has 0 bridgehead atoms. The van der Waals surface area contributed by atoms with Gasteiger partial charge < -0.3 is 9.88 Å². The molecule has 3 rings (SSSR count). The van der Waals surface area contributed by atoms with Gasteiger partial charge in [-0.2, -0.15) is 13.2 Å². The molecule has 0 aliphatic heterocycles. The highest BCUT2D eigenvalue weighted by Gasteiger charge is 2.36. The molecule has 0 saturated carbocycles. The molecule has 160 valence electrons. The lowest BCUT2D eigenvalue weighted by atomic mass is 10.1. The van der Waals surface area contributed by atoms with Gasteiger partial charge in [-0.3, -0.25) is 4.72 Å². The van der Waals surface area contributed by atoms with Crippen molar-refractivity contribution in [3.8, 4) is 11.4 Å². The molecule has 0 fully saturated rings. The minimum Gasteiger partial charge on any atom is -0.324 e. The summed E-state index contributed by atoms with van der Waals surface area (Å²) in [6.45, 7) is 7.44. The number of benzene rings is 1. The molecule has 1 aromatic carbocycles. The number of anilines is 2. The predicted molar refractivity (Wildman–Crippen MR) is 113 cm³/mol. The molecule has 0 radical (unpaired) electrons. The third-order valence-corrected chi connectivity index (χ3v) is 5.19. The Morgan fingerprint density at radius 3 is 2.43 bits per heavy atom. The van der Waals surface area contributed by atoms with Crippen molar-refractivity contribution in [3.63, 3.8) is 0 Å². The van der Waals surface area contributed by atoms with Gasteiger partial charge in [-0.1, -0.05) is 0 Å². The molecular weight excluding hydrogens is 413 g/mol. The number of imidazole rings is 1. The van der Waals surface area contributed by atoms with E-state index >= 15 is 0 Å². The van der Waals surface area contributed by atoms with Crippen LogP contribution in [0.15, 0.2) is 35.5 Å². The van der Waals surface area contributed by atoms with E-state index in [1.54, 1.807) is 11.5 Å². The molecule has 10 heteroatoms. The van der Waals surface area contributed by atoms with Gasteiger partial charge in [0.1, 0.15) is 17.1 Å². The number of aromatic nitrogens is 4. The summed E-state index contributed by atoms with van der Waals surface area (Å²) in [5, 5.41) is 3.04. The van der Waals surface area contributed by atoms with Crippen molar-refractivity contribution in [2.45, 2.75) is 44.8 Å². The van der Waals surface area contributed by atoms with Crippen LogP contribution < -0.4 is 10.0 Å². The van der Waals surface area contributed by atoms with Crippen LogP contribution in [0.3, 0.4) is 0 Å². The van der Waals surface area contributed by atoms with Crippen molar-refractivity contribution < 1.29 is 13.2 Å². The maximum absolute atomic E-state index is 13.7. The summed E-state index contributed by atoms with van der Waals surface area (Å²) >= 11 is 1.47. The molecule has 6 nitrogen and oxygen atoms in total. The number of hydrogen-bond donors (Lipinski definition) is 2. The van der Waals surface area contributed by atoms with Crippen molar-refractivity contribution in [2.75, 3.05) is 12.4 Å². The van der Waals surface area contributed by atoms with E-state index in [4.69, 9.17) is 0 Å². The zero-order valence-corrected chi connectivity index (χ0v) is 18.1. The molecule has 2 aromatic heterocycles. The first kappa shape index (κ1) is 22.1. The lowest BCUT2D eigenvalue weighted by Gasteiger charge is -2.18. The summed E-state index contributed by atoms with van der Waals surface area (Å²) in [6, 6.07) is 5.64. The van der Waals surface area contributed by atoms with Crippen molar-refractivity contribution >= 4 is 23.6 Å². The molecule has 0 aliphatic carbocycles. The highest BCUT2D eigenvalue weighted by atomic mass is 32.2. The van der Waals surface area contributed by atoms with Gasteiger partial charge in [0.05, 0.1) is 11.9 Å². The lowest BCUT2D eigenvalue weighted by Crippen LogP contribution is -2.14. The number of halogens is 3. The van der Waals surface area contributed by atoms with Gasteiger partial charge in [0, 0.05) is 22.8 Å². The van der Waals surface area contributed by atoms with Crippen LogP contribution in [0, 0.1) is 13.8 Å². The van der Waals surface area contributed by atoms with Gasteiger partial charge in [0.25, 0.3) is 0 Å². The second-order valence-corrected chi connectivity index (χ2v) is 8.10. The van der Waals surface area contributed by atoms with E-state index in [1.807, 2.05) is 46.0 Å².